The van der Waals surface area contributed by atoms with Crippen LogP contribution in [-0.4, -0.2) is 34.7 Å². The Morgan fingerprint density at radius 1 is 1.40 bits per heavy atom. The second-order valence-corrected chi connectivity index (χ2v) is 4.09. The van der Waals surface area contributed by atoms with Crippen molar-refractivity contribution in [1.29, 1.82) is 0 Å². The van der Waals surface area contributed by atoms with E-state index in [0.717, 1.165) is 12.8 Å². The maximum atomic E-state index is 9.76. The van der Waals surface area contributed by atoms with Gasteiger partial charge < -0.3 is 10.2 Å². The summed E-state index contributed by atoms with van der Waals surface area (Å²) >= 11 is 0. The van der Waals surface area contributed by atoms with Crippen LogP contribution in [0.15, 0.2) is 0 Å². The number of hydrogen-bond donors (Lipinski definition) is 3. The number of unbranched alkanes of at least 4 members (excludes halogenated alkanes) is 1. The maximum absolute atomic E-state index is 9.76. The van der Waals surface area contributed by atoms with E-state index in [1.807, 2.05) is 6.92 Å². The number of hydrogen-bond acceptors (Lipinski definition) is 4. The number of rotatable bonds is 6. The fourth-order valence-electron chi connectivity index (χ4n) is 0.548. The fourth-order valence-corrected chi connectivity index (χ4v) is 0.548. The highest BCUT2D eigenvalue weighted by Gasteiger charge is 2.15. The third kappa shape index (κ3) is 16.1. The molecule has 0 aliphatic carbocycles. The van der Waals surface area contributed by atoms with Gasteiger partial charge in [0, 0.05) is 11.8 Å². The van der Waals surface area contributed by atoms with Gasteiger partial charge in [0.2, 0.25) is 0 Å². The molecular formula is C10H22O5. The van der Waals surface area contributed by atoms with E-state index in [0.29, 0.717) is 6.42 Å². The van der Waals surface area contributed by atoms with Gasteiger partial charge in [0.05, 0.1) is 13.2 Å². The average molecular weight is 222 g/mol. The van der Waals surface area contributed by atoms with Crippen LogP contribution >= 0.6 is 0 Å². The minimum atomic E-state index is -0.693. The van der Waals surface area contributed by atoms with Crippen molar-refractivity contribution in [2.45, 2.75) is 40.0 Å². The zero-order chi connectivity index (χ0) is 12.3. The molecule has 0 aromatic heterocycles. The van der Waals surface area contributed by atoms with E-state index in [-0.39, 0.29) is 18.6 Å². The Bertz CT molecular complexity index is 156. The molecule has 0 radical (unpaired) electrons. The normalized spacial score (nSPS) is 10.5. The highest BCUT2D eigenvalue weighted by atomic mass is 17.1. The van der Waals surface area contributed by atoms with Crippen LogP contribution in [0, 0.1) is 5.41 Å². The molecule has 0 saturated carbocycles. The molecule has 3 N–H and O–H groups in total. The van der Waals surface area contributed by atoms with E-state index >= 15 is 0 Å². The first kappa shape index (κ1) is 16.8. The van der Waals surface area contributed by atoms with E-state index in [9.17, 15) is 4.79 Å². The monoisotopic (exact) mass is 222 g/mol. The number of aliphatic hydroxyl groups is 1. The third-order valence-corrected chi connectivity index (χ3v) is 1.63. The Morgan fingerprint density at radius 3 is 2.07 bits per heavy atom. The minimum Gasteiger partial charge on any atom is -0.481 e. The third-order valence-electron chi connectivity index (χ3n) is 1.63. The lowest BCUT2D eigenvalue weighted by Gasteiger charge is -2.17. The number of carboxylic acid groups (broad SMARTS) is 1. The first-order valence-corrected chi connectivity index (χ1v) is 4.98. The van der Waals surface area contributed by atoms with Gasteiger partial charge in [-0.15, -0.1) is 0 Å². The van der Waals surface area contributed by atoms with E-state index in [4.69, 9.17) is 15.5 Å². The molecule has 15 heavy (non-hydrogen) atoms. The number of carboxylic acids is 1. The van der Waals surface area contributed by atoms with Gasteiger partial charge in [-0.25, -0.2) is 4.89 Å². The Labute approximate surface area is 90.6 Å². The molecule has 92 valence electrons. The van der Waals surface area contributed by atoms with Crippen molar-refractivity contribution in [3.8, 4) is 0 Å². The van der Waals surface area contributed by atoms with Crippen LogP contribution in [0.25, 0.3) is 0 Å². The molecule has 0 aromatic carbocycles. The number of aliphatic hydroxyl groups excluding tert-OH is 1. The van der Waals surface area contributed by atoms with Crippen molar-refractivity contribution in [1.82, 2.24) is 0 Å². The molecule has 5 heteroatoms. The zero-order valence-corrected chi connectivity index (χ0v) is 9.69. The SMILES string of the molecule is CC(C)(CO)COO.CCCCC(=O)O. The summed E-state index contributed by atoms with van der Waals surface area (Å²) in [5.74, 6) is -0.693. The average Bonchev–Trinajstić information content (AvgIpc) is 2.16. The zero-order valence-electron chi connectivity index (χ0n) is 9.69. The van der Waals surface area contributed by atoms with Crippen molar-refractivity contribution in [3.05, 3.63) is 0 Å². The first-order valence-electron chi connectivity index (χ1n) is 4.98. The lowest BCUT2D eigenvalue weighted by Crippen LogP contribution is -2.22. The van der Waals surface area contributed by atoms with Crippen molar-refractivity contribution in [2.75, 3.05) is 13.2 Å². The van der Waals surface area contributed by atoms with E-state index < -0.39 is 5.97 Å². The van der Waals surface area contributed by atoms with Crippen LogP contribution in [0.5, 0.6) is 0 Å². The van der Waals surface area contributed by atoms with Crippen LogP contribution in [0.2, 0.25) is 0 Å². The van der Waals surface area contributed by atoms with Gasteiger partial charge in [-0.3, -0.25) is 10.1 Å². The lowest BCUT2D eigenvalue weighted by atomic mass is 9.97. The van der Waals surface area contributed by atoms with Crippen LogP contribution in [0.3, 0.4) is 0 Å². The largest absolute Gasteiger partial charge is 0.481 e. The summed E-state index contributed by atoms with van der Waals surface area (Å²) in [7, 11) is 0. The van der Waals surface area contributed by atoms with Gasteiger partial charge in [0.25, 0.3) is 0 Å². The Hall–Kier alpha value is -0.650. The quantitative estimate of drug-likeness (QED) is 0.471. The molecule has 0 heterocycles. The van der Waals surface area contributed by atoms with E-state index in [1.54, 1.807) is 13.8 Å². The second kappa shape index (κ2) is 9.89. The molecule has 0 aromatic rings. The predicted molar refractivity (Wildman–Crippen MR) is 56.6 cm³/mol. The topological polar surface area (TPSA) is 87.0 Å². The molecule has 0 atom stereocenters. The highest BCUT2D eigenvalue weighted by molar-refractivity contribution is 5.66. The second-order valence-electron chi connectivity index (χ2n) is 4.09. The molecule has 0 bridgehead atoms. The van der Waals surface area contributed by atoms with Gasteiger partial charge in [-0.05, 0) is 6.42 Å². The van der Waals surface area contributed by atoms with Gasteiger partial charge >= 0.3 is 5.97 Å². The predicted octanol–water partition coefficient (Wildman–Crippen LogP) is 1.76. The van der Waals surface area contributed by atoms with Crippen molar-refractivity contribution < 1.29 is 25.2 Å². The molecule has 0 unspecified atom stereocenters. The smallest absolute Gasteiger partial charge is 0.303 e. The van der Waals surface area contributed by atoms with Crippen molar-refractivity contribution in [2.24, 2.45) is 5.41 Å². The van der Waals surface area contributed by atoms with Crippen LogP contribution < -0.4 is 0 Å². The summed E-state index contributed by atoms with van der Waals surface area (Å²) in [5.41, 5.74) is -0.325. The van der Waals surface area contributed by atoms with Crippen LogP contribution in [0.1, 0.15) is 40.0 Å². The molecular weight excluding hydrogens is 200 g/mol. The summed E-state index contributed by atoms with van der Waals surface area (Å²) in [4.78, 5) is 13.6. The Balaban J connectivity index is 0. The van der Waals surface area contributed by atoms with Gasteiger partial charge in [0.1, 0.15) is 0 Å². The van der Waals surface area contributed by atoms with E-state index in [1.165, 1.54) is 0 Å². The highest BCUT2D eigenvalue weighted by Crippen LogP contribution is 2.12. The number of aliphatic carboxylic acids is 1. The Kier molecular flexibility index (Phi) is 11.1. The van der Waals surface area contributed by atoms with Gasteiger partial charge in [0.15, 0.2) is 0 Å². The van der Waals surface area contributed by atoms with Crippen molar-refractivity contribution >= 4 is 5.97 Å². The summed E-state index contributed by atoms with van der Waals surface area (Å²) in [6, 6.07) is 0. The molecule has 0 spiro atoms. The summed E-state index contributed by atoms with van der Waals surface area (Å²) in [6.45, 7) is 5.76. The molecule has 5 nitrogen and oxygen atoms in total. The maximum Gasteiger partial charge on any atom is 0.303 e. The first-order chi connectivity index (χ1) is 6.89. The van der Waals surface area contributed by atoms with Gasteiger partial charge in [-0.1, -0.05) is 27.2 Å². The Morgan fingerprint density at radius 2 is 1.93 bits per heavy atom. The minimum absolute atomic E-state index is 0.0214. The molecule has 0 aliphatic heterocycles. The summed E-state index contributed by atoms with van der Waals surface area (Å²) < 4.78 is 0. The summed E-state index contributed by atoms with van der Waals surface area (Å²) in [6.07, 6.45) is 2.08. The number of carbonyl (C=O) groups is 1. The molecule has 0 amide bonds. The van der Waals surface area contributed by atoms with E-state index in [2.05, 4.69) is 4.89 Å². The van der Waals surface area contributed by atoms with Crippen LogP contribution in [0.4, 0.5) is 0 Å². The molecule has 0 aliphatic rings. The van der Waals surface area contributed by atoms with Crippen LogP contribution in [-0.2, 0) is 9.68 Å². The van der Waals surface area contributed by atoms with Crippen molar-refractivity contribution in [3.63, 3.8) is 0 Å². The van der Waals surface area contributed by atoms with Gasteiger partial charge in [-0.2, -0.15) is 0 Å². The molecule has 0 fully saturated rings. The lowest BCUT2D eigenvalue weighted by molar-refractivity contribution is -0.262. The fraction of sp³-hybridized carbons (Fsp3) is 0.900. The molecule has 0 saturated heterocycles. The molecule has 0 rings (SSSR count). The standard InChI is InChI=1S/C5H12O3.C5H10O2/c1-5(2,3-6)4-8-7;1-2-3-4-5(6)7/h6-7H,3-4H2,1-2H3;2-4H2,1H3,(H,6,7). The summed E-state index contributed by atoms with van der Waals surface area (Å²) in [5, 5.41) is 24.5.